The second kappa shape index (κ2) is 11.8. The molecule has 1 aliphatic carbocycles. The molecular weight excluding hydrogens is 452 g/mol. The maximum absolute atomic E-state index is 9.70. The molecule has 0 aromatic heterocycles. The third-order valence-electron chi connectivity index (χ3n) is 6.04. The van der Waals surface area contributed by atoms with Gasteiger partial charge in [-0.1, -0.05) is 69.5 Å². The molecule has 0 saturated heterocycles. The van der Waals surface area contributed by atoms with Crippen LogP contribution < -0.4 is 9.64 Å². The molecule has 184 valence electrons. The Bertz CT molecular complexity index is 1170. The summed E-state index contributed by atoms with van der Waals surface area (Å²) in [4.78, 5) is 3.53. The minimum atomic E-state index is 0.0372. The third-order valence-corrected chi connectivity index (χ3v) is 6.99. The van der Waals surface area contributed by atoms with Crippen molar-refractivity contribution in [2.24, 2.45) is 0 Å². The van der Waals surface area contributed by atoms with Gasteiger partial charge in [0.25, 0.3) is 0 Å². The number of ether oxygens (including phenoxy) is 1. The number of aliphatic hydroxyl groups excluding tert-OH is 1. The second-order valence-electron chi connectivity index (χ2n) is 8.63. The van der Waals surface area contributed by atoms with Gasteiger partial charge in [0.05, 0.1) is 19.0 Å². The van der Waals surface area contributed by atoms with Gasteiger partial charge in [0.1, 0.15) is 12.4 Å². The number of aliphatic hydroxyl groups is 1. The molecule has 0 spiro atoms. The highest BCUT2D eigenvalue weighted by molar-refractivity contribution is 7.97. The van der Waals surface area contributed by atoms with Gasteiger partial charge in [-0.15, -0.1) is 0 Å². The first-order valence-corrected chi connectivity index (χ1v) is 13.4. The molecule has 3 aromatic rings. The van der Waals surface area contributed by atoms with E-state index in [0.717, 1.165) is 29.1 Å². The maximum atomic E-state index is 9.70. The second-order valence-corrected chi connectivity index (χ2v) is 9.88. The Labute approximate surface area is 214 Å². The lowest BCUT2D eigenvalue weighted by Gasteiger charge is -2.37. The molecule has 1 saturated carbocycles. The summed E-state index contributed by atoms with van der Waals surface area (Å²) in [6, 6.07) is 21.3. The van der Waals surface area contributed by atoms with E-state index in [4.69, 9.17) is 4.74 Å². The molecule has 0 atom stereocenters. The predicted octanol–water partition coefficient (Wildman–Crippen LogP) is 7.89. The van der Waals surface area contributed by atoms with Crippen molar-refractivity contribution in [1.29, 1.82) is 0 Å². The fourth-order valence-corrected chi connectivity index (χ4v) is 5.06. The van der Waals surface area contributed by atoms with Gasteiger partial charge in [-0.2, -0.15) is 0 Å². The van der Waals surface area contributed by atoms with Crippen LogP contribution in [0.1, 0.15) is 51.2 Å². The summed E-state index contributed by atoms with van der Waals surface area (Å²) < 4.78 is 8.41. The van der Waals surface area contributed by atoms with Crippen molar-refractivity contribution in [3.05, 3.63) is 77.9 Å². The molecule has 0 unspecified atom stereocenters. The van der Waals surface area contributed by atoms with E-state index in [0.29, 0.717) is 6.61 Å². The van der Waals surface area contributed by atoms with Crippen LogP contribution in [0.5, 0.6) is 5.75 Å². The zero-order valence-electron chi connectivity index (χ0n) is 21.3. The molecule has 0 amide bonds. The third kappa shape index (κ3) is 5.75. The molecule has 35 heavy (non-hydrogen) atoms. The molecule has 6 rings (SSSR count). The van der Waals surface area contributed by atoms with E-state index >= 15 is 0 Å². The number of hydrogen-bond donors (Lipinski definition) is 1. The van der Waals surface area contributed by atoms with E-state index in [-0.39, 0.29) is 6.61 Å². The van der Waals surface area contributed by atoms with E-state index in [1.807, 2.05) is 32.9 Å². The zero-order chi connectivity index (χ0) is 24.8. The van der Waals surface area contributed by atoms with Gasteiger partial charge in [-0.3, -0.25) is 0 Å². The topological polar surface area (TPSA) is 35.9 Å². The summed E-state index contributed by atoms with van der Waals surface area (Å²) in [6.07, 6.45) is 6.47. The first-order valence-electron chi connectivity index (χ1n) is 12.6. The number of anilines is 2. The van der Waals surface area contributed by atoms with Crippen molar-refractivity contribution in [2.45, 2.75) is 51.5 Å². The van der Waals surface area contributed by atoms with Crippen LogP contribution in [-0.2, 0) is 6.61 Å². The van der Waals surface area contributed by atoms with Crippen LogP contribution in [0.15, 0.2) is 71.6 Å². The van der Waals surface area contributed by atoms with Crippen LogP contribution in [0.2, 0.25) is 0 Å². The maximum Gasteiger partial charge on any atom is 0.129 e. The van der Waals surface area contributed by atoms with Crippen molar-refractivity contribution in [3.8, 4) is 16.9 Å². The molecule has 3 aliphatic rings. The summed E-state index contributed by atoms with van der Waals surface area (Å²) in [7, 11) is 2.12. The summed E-state index contributed by atoms with van der Waals surface area (Å²) in [6.45, 7) is 7.37. The Kier molecular flexibility index (Phi) is 8.55. The monoisotopic (exact) mass is 488 g/mol. The Morgan fingerprint density at radius 1 is 1.00 bits per heavy atom. The van der Waals surface area contributed by atoms with Crippen LogP contribution >= 0.6 is 11.9 Å². The number of para-hydroxylation sites is 1. The van der Waals surface area contributed by atoms with Gasteiger partial charge in [0.15, 0.2) is 0 Å². The van der Waals surface area contributed by atoms with Gasteiger partial charge >= 0.3 is 0 Å². The van der Waals surface area contributed by atoms with Crippen LogP contribution in [-0.4, -0.2) is 29.7 Å². The zero-order valence-corrected chi connectivity index (χ0v) is 22.1. The Hall–Kier alpha value is -2.73. The molecular formula is C30H36N2O2S. The smallest absolute Gasteiger partial charge is 0.129 e. The molecule has 0 bridgehead atoms. The first-order chi connectivity index (χ1) is 17.2. The van der Waals surface area contributed by atoms with Crippen molar-refractivity contribution < 1.29 is 9.84 Å². The molecule has 2 heterocycles. The Morgan fingerprint density at radius 3 is 2.40 bits per heavy atom. The molecule has 5 heteroatoms. The van der Waals surface area contributed by atoms with E-state index in [1.54, 1.807) is 11.9 Å². The number of fused-ring (bicyclic) bond motifs is 4. The number of hydrogen-bond acceptors (Lipinski definition) is 5. The van der Waals surface area contributed by atoms with E-state index in [1.165, 1.54) is 46.7 Å². The number of nitrogens with zero attached hydrogens (tertiary/aromatic N) is 2. The van der Waals surface area contributed by atoms with Gasteiger partial charge in [-0.05, 0) is 72.4 Å². The summed E-state index contributed by atoms with van der Waals surface area (Å²) in [5, 5.41) is 9.70. The average molecular weight is 489 g/mol. The van der Waals surface area contributed by atoms with Gasteiger partial charge < -0.3 is 14.7 Å². The fraction of sp³-hybridized carbons (Fsp3) is 0.333. The lowest BCUT2D eigenvalue weighted by Crippen LogP contribution is -2.32. The number of rotatable bonds is 3. The van der Waals surface area contributed by atoms with Crippen molar-refractivity contribution >= 4 is 28.9 Å². The quantitative estimate of drug-likeness (QED) is 0.379. The van der Waals surface area contributed by atoms with E-state index < -0.39 is 0 Å². The number of allylic oxidation sites excluding steroid dienone is 1. The highest BCUT2D eigenvalue weighted by Crippen LogP contribution is 2.48. The lowest BCUT2D eigenvalue weighted by atomic mass is 9.92. The van der Waals surface area contributed by atoms with Crippen LogP contribution in [0.25, 0.3) is 16.7 Å². The van der Waals surface area contributed by atoms with Crippen LogP contribution in [0.4, 0.5) is 11.4 Å². The molecule has 0 radical (unpaired) electrons. The fourth-order valence-electron chi connectivity index (χ4n) is 4.12. The molecule has 2 aliphatic heterocycles. The van der Waals surface area contributed by atoms with Crippen molar-refractivity contribution in [1.82, 2.24) is 4.31 Å². The minimum Gasteiger partial charge on any atom is -0.488 e. The van der Waals surface area contributed by atoms with E-state index in [2.05, 4.69) is 70.9 Å². The first kappa shape index (κ1) is 25.4. The highest BCUT2D eigenvalue weighted by atomic mass is 32.2. The minimum absolute atomic E-state index is 0.0372. The predicted molar refractivity (Wildman–Crippen MR) is 149 cm³/mol. The van der Waals surface area contributed by atoms with E-state index in [9.17, 15) is 5.11 Å². The highest BCUT2D eigenvalue weighted by Gasteiger charge is 2.27. The standard InChI is InChI=1S/C25H24N2O2S.C3H6.C2H6/c1-3-17(14-28)18-9-10-19-15-29-24-13-23-25(12-22(24)21(19)11-18)30-26(2)16-27(23)20-7-5-4-6-8-20;1-2-3-1;1-2/h3-13,28H,14-16H2,1-2H3;1-3H2;1-2H3/b17-3+;;. The Balaban J connectivity index is 0.000000526. The van der Waals surface area contributed by atoms with Gasteiger partial charge in [-0.25, -0.2) is 4.31 Å². The van der Waals surface area contributed by atoms with Crippen molar-refractivity contribution in [2.75, 3.05) is 25.2 Å². The average Bonchev–Trinajstić information content (AvgIpc) is 3.79. The number of benzene rings is 3. The lowest BCUT2D eigenvalue weighted by molar-refractivity contribution is 0.302. The summed E-state index contributed by atoms with van der Waals surface area (Å²) in [5.74, 6) is 0.913. The Morgan fingerprint density at radius 2 is 1.74 bits per heavy atom. The van der Waals surface area contributed by atoms with Gasteiger partial charge in [0.2, 0.25) is 0 Å². The normalized spacial score (nSPS) is 15.8. The summed E-state index contributed by atoms with van der Waals surface area (Å²) in [5.41, 5.74) is 7.81. The SMILES string of the molecule is C/C=C(\CO)c1ccc2c(c1)-c1cc3c(cc1OC2)N(c1ccccc1)CN(C)S3.C1CC1.CC. The molecule has 3 aromatic carbocycles. The largest absolute Gasteiger partial charge is 0.488 e. The molecule has 1 N–H and O–H groups in total. The van der Waals surface area contributed by atoms with Crippen molar-refractivity contribution in [3.63, 3.8) is 0 Å². The molecule has 4 nitrogen and oxygen atoms in total. The van der Waals surface area contributed by atoms with Crippen LogP contribution in [0.3, 0.4) is 0 Å². The summed E-state index contributed by atoms with van der Waals surface area (Å²) >= 11 is 1.76. The van der Waals surface area contributed by atoms with Gasteiger partial charge in [0, 0.05) is 22.2 Å². The van der Waals surface area contributed by atoms with Crippen LogP contribution in [0, 0.1) is 0 Å². The molecule has 1 fully saturated rings.